The number of hydrogen-bond acceptors (Lipinski definition) is 3. The van der Waals surface area contributed by atoms with Gasteiger partial charge in [-0.1, -0.05) is 45.1 Å². The molecular formula is C16H24N2O. The standard InChI is InChI=1S/C16H24N2O/c1-3-4-5-6-7-9-15(13-17)18-14-10-8-11-16(12-14)19-2/h8,10-12,15,18H,3-7,9H2,1-2H3. The van der Waals surface area contributed by atoms with Crippen molar-refractivity contribution in [2.24, 2.45) is 0 Å². The van der Waals surface area contributed by atoms with E-state index in [1.165, 1.54) is 25.7 Å². The first kappa shape index (κ1) is 15.4. The zero-order valence-electron chi connectivity index (χ0n) is 12.0. The van der Waals surface area contributed by atoms with Crippen molar-refractivity contribution in [1.82, 2.24) is 0 Å². The first-order chi connectivity index (χ1) is 9.30. The summed E-state index contributed by atoms with van der Waals surface area (Å²) in [6.07, 6.45) is 7.04. The van der Waals surface area contributed by atoms with Crippen molar-refractivity contribution in [1.29, 1.82) is 5.26 Å². The Hall–Kier alpha value is -1.69. The maximum atomic E-state index is 9.17. The molecule has 0 aromatic heterocycles. The predicted molar refractivity (Wildman–Crippen MR) is 79.4 cm³/mol. The van der Waals surface area contributed by atoms with Crippen molar-refractivity contribution in [2.45, 2.75) is 51.5 Å². The number of benzene rings is 1. The molecule has 19 heavy (non-hydrogen) atoms. The van der Waals surface area contributed by atoms with Gasteiger partial charge in [0, 0.05) is 11.8 Å². The van der Waals surface area contributed by atoms with Crippen molar-refractivity contribution in [2.75, 3.05) is 12.4 Å². The second-order valence-corrected chi connectivity index (χ2v) is 4.76. The lowest BCUT2D eigenvalue weighted by Gasteiger charge is -2.13. The Morgan fingerprint density at radius 3 is 2.74 bits per heavy atom. The number of rotatable bonds is 9. The molecule has 0 heterocycles. The molecular weight excluding hydrogens is 236 g/mol. The van der Waals surface area contributed by atoms with Crippen molar-refractivity contribution in [3.63, 3.8) is 0 Å². The summed E-state index contributed by atoms with van der Waals surface area (Å²) in [5, 5.41) is 12.4. The molecule has 0 saturated heterocycles. The van der Waals surface area contributed by atoms with E-state index < -0.39 is 0 Å². The third-order valence-corrected chi connectivity index (χ3v) is 3.16. The lowest BCUT2D eigenvalue weighted by molar-refractivity contribution is 0.415. The molecule has 0 fully saturated rings. The fourth-order valence-corrected chi connectivity index (χ4v) is 2.04. The normalized spacial score (nSPS) is 11.6. The van der Waals surface area contributed by atoms with Crippen molar-refractivity contribution in [3.8, 4) is 11.8 Å². The average Bonchev–Trinajstić information content (AvgIpc) is 2.46. The number of hydrogen-bond donors (Lipinski definition) is 1. The highest BCUT2D eigenvalue weighted by Crippen LogP contribution is 2.18. The van der Waals surface area contributed by atoms with Crippen molar-refractivity contribution in [3.05, 3.63) is 24.3 Å². The summed E-state index contributed by atoms with van der Waals surface area (Å²) in [5.41, 5.74) is 0.944. The van der Waals surface area contributed by atoms with Gasteiger partial charge in [-0.05, 0) is 18.6 Å². The number of nitrogens with one attached hydrogen (secondary N) is 1. The van der Waals surface area contributed by atoms with E-state index >= 15 is 0 Å². The van der Waals surface area contributed by atoms with E-state index in [2.05, 4.69) is 18.3 Å². The molecule has 1 rings (SSSR count). The molecule has 0 saturated carbocycles. The van der Waals surface area contributed by atoms with Crippen LogP contribution in [0.3, 0.4) is 0 Å². The van der Waals surface area contributed by atoms with Gasteiger partial charge in [0.25, 0.3) is 0 Å². The molecule has 0 bridgehead atoms. The Morgan fingerprint density at radius 1 is 1.26 bits per heavy atom. The summed E-state index contributed by atoms with van der Waals surface area (Å²) < 4.78 is 5.17. The van der Waals surface area contributed by atoms with Crippen LogP contribution in [0.15, 0.2) is 24.3 Å². The zero-order chi connectivity index (χ0) is 13.9. The van der Waals surface area contributed by atoms with Crippen LogP contribution < -0.4 is 10.1 Å². The third kappa shape index (κ3) is 6.15. The molecule has 3 nitrogen and oxygen atoms in total. The van der Waals surface area contributed by atoms with Gasteiger partial charge >= 0.3 is 0 Å². The molecule has 1 aromatic carbocycles. The Morgan fingerprint density at radius 2 is 2.05 bits per heavy atom. The summed E-state index contributed by atoms with van der Waals surface area (Å²) in [7, 11) is 1.65. The molecule has 0 aliphatic carbocycles. The van der Waals surface area contributed by atoms with Gasteiger partial charge in [-0.3, -0.25) is 0 Å². The van der Waals surface area contributed by atoms with Crippen LogP contribution in [-0.2, 0) is 0 Å². The topological polar surface area (TPSA) is 45.0 Å². The van der Waals surface area contributed by atoms with Gasteiger partial charge in [0.1, 0.15) is 11.8 Å². The Bertz CT molecular complexity index is 398. The number of ether oxygens (including phenoxy) is 1. The lowest BCUT2D eigenvalue weighted by atomic mass is 10.1. The molecule has 104 valence electrons. The molecule has 0 radical (unpaired) electrons. The van der Waals surface area contributed by atoms with Crippen molar-refractivity contribution >= 4 is 5.69 Å². The second kappa shape index (κ2) is 9.27. The number of nitriles is 1. The molecule has 0 amide bonds. The SMILES string of the molecule is CCCCCCCC(C#N)Nc1cccc(OC)c1. The number of anilines is 1. The van der Waals surface area contributed by atoms with Gasteiger partial charge in [-0.25, -0.2) is 0 Å². The summed E-state index contributed by atoms with van der Waals surface area (Å²) in [4.78, 5) is 0. The quantitative estimate of drug-likeness (QED) is 0.671. The van der Waals surface area contributed by atoms with E-state index in [0.717, 1.165) is 24.3 Å². The van der Waals surface area contributed by atoms with Crippen LogP contribution in [0.2, 0.25) is 0 Å². The minimum Gasteiger partial charge on any atom is -0.497 e. The van der Waals surface area contributed by atoms with E-state index in [0.29, 0.717) is 0 Å². The molecule has 0 spiro atoms. The zero-order valence-corrected chi connectivity index (χ0v) is 12.0. The van der Waals surface area contributed by atoms with Crippen LogP contribution >= 0.6 is 0 Å². The monoisotopic (exact) mass is 260 g/mol. The summed E-state index contributed by atoms with van der Waals surface area (Å²) in [6.45, 7) is 2.21. The summed E-state index contributed by atoms with van der Waals surface area (Å²) >= 11 is 0. The van der Waals surface area contributed by atoms with Crippen LogP contribution in [0.5, 0.6) is 5.75 Å². The van der Waals surface area contributed by atoms with Crippen LogP contribution in [0, 0.1) is 11.3 Å². The predicted octanol–water partition coefficient (Wildman–Crippen LogP) is 4.36. The van der Waals surface area contributed by atoms with Crippen LogP contribution in [0.4, 0.5) is 5.69 Å². The summed E-state index contributed by atoms with van der Waals surface area (Å²) in [6, 6.07) is 9.92. The van der Waals surface area contributed by atoms with Gasteiger partial charge in [-0.2, -0.15) is 5.26 Å². The highest BCUT2D eigenvalue weighted by atomic mass is 16.5. The lowest BCUT2D eigenvalue weighted by Crippen LogP contribution is -2.16. The molecule has 0 aliphatic heterocycles. The van der Waals surface area contributed by atoms with Gasteiger partial charge in [0.2, 0.25) is 0 Å². The number of unbranched alkanes of at least 4 members (excludes halogenated alkanes) is 4. The fraction of sp³-hybridized carbons (Fsp3) is 0.562. The van der Waals surface area contributed by atoms with E-state index in [-0.39, 0.29) is 6.04 Å². The van der Waals surface area contributed by atoms with Gasteiger partial charge in [-0.15, -0.1) is 0 Å². The largest absolute Gasteiger partial charge is 0.497 e. The molecule has 1 N–H and O–H groups in total. The van der Waals surface area contributed by atoms with Crippen LogP contribution in [0.25, 0.3) is 0 Å². The Balaban J connectivity index is 2.37. The van der Waals surface area contributed by atoms with Crippen LogP contribution in [0.1, 0.15) is 45.4 Å². The van der Waals surface area contributed by atoms with Crippen LogP contribution in [-0.4, -0.2) is 13.2 Å². The van der Waals surface area contributed by atoms with E-state index in [9.17, 15) is 5.26 Å². The van der Waals surface area contributed by atoms with Gasteiger partial charge in [0.05, 0.1) is 13.2 Å². The van der Waals surface area contributed by atoms with E-state index in [1.807, 2.05) is 24.3 Å². The molecule has 1 atom stereocenters. The first-order valence-electron chi connectivity index (χ1n) is 7.10. The third-order valence-electron chi connectivity index (χ3n) is 3.16. The molecule has 3 heteroatoms. The maximum Gasteiger partial charge on any atom is 0.120 e. The van der Waals surface area contributed by atoms with Gasteiger partial charge in [0.15, 0.2) is 0 Å². The smallest absolute Gasteiger partial charge is 0.120 e. The van der Waals surface area contributed by atoms with Gasteiger partial charge < -0.3 is 10.1 Å². The highest BCUT2D eigenvalue weighted by molar-refractivity contribution is 5.49. The second-order valence-electron chi connectivity index (χ2n) is 4.76. The number of methoxy groups -OCH3 is 1. The summed E-state index contributed by atoms with van der Waals surface area (Å²) in [5.74, 6) is 0.810. The molecule has 1 unspecified atom stereocenters. The fourth-order valence-electron chi connectivity index (χ4n) is 2.04. The minimum absolute atomic E-state index is 0.117. The number of nitrogens with zero attached hydrogens (tertiary/aromatic N) is 1. The highest BCUT2D eigenvalue weighted by Gasteiger charge is 2.07. The molecule has 0 aliphatic rings. The minimum atomic E-state index is -0.117. The Labute approximate surface area is 116 Å². The van der Waals surface area contributed by atoms with E-state index in [1.54, 1.807) is 7.11 Å². The van der Waals surface area contributed by atoms with Crippen molar-refractivity contribution < 1.29 is 4.74 Å². The first-order valence-corrected chi connectivity index (χ1v) is 7.10. The average molecular weight is 260 g/mol. The molecule has 1 aromatic rings. The Kier molecular flexibility index (Phi) is 7.50. The maximum absolute atomic E-state index is 9.17. The van der Waals surface area contributed by atoms with E-state index in [4.69, 9.17) is 4.74 Å².